The molecule has 2 atom stereocenters. The highest BCUT2D eigenvalue weighted by Gasteiger charge is 2.23. The molecule has 1 heterocycles. The van der Waals surface area contributed by atoms with Crippen LogP contribution in [0.2, 0.25) is 0 Å². The van der Waals surface area contributed by atoms with Crippen molar-refractivity contribution >= 4 is 5.91 Å². The van der Waals surface area contributed by atoms with Crippen molar-refractivity contribution in [2.75, 3.05) is 13.1 Å². The van der Waals surface area contributed by atoms with Crippen LogP contribution in [0.25, 0.3) is 0 Å². The molecule has 1 saturated heterocycles. The maximum Gasteiger partial charge on any atom is 0.250 e. The molecule has 0 saturated carbocycles. The Morgan fingerprint density at radius 1 is 1.53 bits per heavy atom. The lowest BCUT2D eigenvalue weighted by Gasteiger charge is -2.25. The molecular formula is C11H23N3O. The molecule has 0 aromatic carbocycles. The minimum atomic E-state index is -0.0920. The summed E-state index contributed by atoms with van der Waals surface area (Å²) >= 11 is 0. The Hall–Kier alpha value is -0.610. The van der Waals surface area contributed by atoms with Gasteiger partial charge in [-0.1, -0.05) is 13.3 Å². The number of hydrazine groups is 1. The van der Waals surface area contributed by atoms with Crippen molar-refractivity contribution in [2.24, 2.45) is 11.8 Å². The van der Waals surface area contributed by atoms with Crippen molar-refractivity contribution in [3.63, 3.8) is 0 Å². The molecule has 2 unspecified atom stereocenters. The fourth-order valence-electron chi connectivity index (χ4n) is 2.27. The molecule has 0 spiro atoms. The van der Waals surface area contributed by atoms with E-state index in [2.05, 4.69) is 17.2 Å². The number of nitrogens with two attached hydrogens (primary N) is 1. The molecule has 1 aliphatic heterocycles. The van der Waals surface area contributed by atoms with E-state index >= 15 is 0 Å². The molecule has 4 heteroatoms. The number of rotatable bonds is 3. The Balaban J connectivity index is 2.46. The predicted molar refractivity (Wildman–Crippen MR) is 61.0 cm³/mol. The standard InChI is InChI=1S/C11H23N3O/c1-3-10-5-4-7-14(8-6-10)9(2)11(15)13-12/h9-10H,3-8,12H2,1-2H3,(H,13,15). The molecule has 1 rings (SSSR count). The SMILES string of the molecule is CCC1CCCN(C(C)C(=O)NN)CC1. The van der Waals surface area contributed by atoms with Crippen LogP contribution in [0.3, 0.4) is 0 Å². The van der Waals surface area contributed by atoms with Crippen molar-refractivity contribution in [3.05, 3.63) is 0 Å². The molecule has 0 aromatic heterocycles. The van der Waals surface area contributed by atoms with Gasteiger partial charge >= 0.3 is 0 Å². The van der Waals surface area contributed by atoms with E-state index < -0.39 is 0 Å². The molecule has 0 radical (unpaired) electrons. The summed E-state index contributed by atoms with van der Waals surface area (Å²) in [6.07, 6.45) is 4.95. The quantitative estimate of drug-likeness (QED) is 0.415. The van der Waals surface area contributed by atoms with E-state index in [0.29, 0.717) is 0 Å². The van der Waals surface area contributed by atoms with Crippen LogP contribution in [0.1, 0.15) is 39.5 Å². The summed E-state index contributed by atoms with van der Waals surface area (Å²) in [6.45, 7) is 6.21. The third-order valence-electron chi connectivity index (χ3n) is 3.53. The molecule has 15 heavy (non-hydrogen) atoms. The Morgan fingerprint density at radius 3 is 2.87 bits per heavy atom. The number of carbonyl (C=O) groups is 1. The lowest BCUT2D eigenvalue weighted by Crippen LogP contribution is -2.47. The average Bonchev–Trinajstić information content (AvgIpc) is 2.51. The van der Waals surface area contributed by atoms with Gasteiger partial charge in [-0.3, -0.25) is 15.1 Å². The van der Waals surface area contributed by atoms with Gasteiger partial charge in [-0.15, -0.1) is 0 Å². The first-order valence-electron chi connectivity index (χ1n) is 5.93. The minimum absolute atomic E-state index is 0.0788. The van der Waals surface area contributed by atoms with E-state index in [0.717, 1.165) is 19.0 Å². The van der Waals surface area contributed by atoms with E-state index in [-0.39, 0.29) is 11.9 Å². The van der Waals surface area contributed by atoms with E-state index in [4.69, 9.17) is 5.84 Å². The van der Waals surface area contributed by atoms with Gasteiger partial charge < -0.3 is 0 Å². The van der Waals surface area contributed by atoms with Crippen molar-refractivity contribution in [1.82, 2.24) is 10.3 Å². The van der Waals surface area contributed by atoms with Crippen molar-refractivity contribution < 1.29 is 4.79 Å². The van der Waals surface area contributed by atoms with Gasteiger partial charge in [0, 0.05) is 0 Å². The summed E-state index contributed by atoms with van der Waals surface area (Å²) < 4.78 is 0. The summed E-state index contributed by atoms with van der Waals surface area (Å²) in [4.78, 5) is 13.6. The number of hydrogen-bond acceptors (Lipinski definition) is 3. The topological polar surface area (TPSA) is 58.4 Å². The third kappa shape index (κ3) is 3.47. The number of nitrogens with one attached hydrogen (secondary N) is 1. The summed E-state index contributed by atoms with van der Waals surface area (Å²) in [5.74, 6) is 5.90. The first kappa shape index (κ1) is 12.5. The third-order valence-corrected chi connectivity index (χ3v) is 3.53. The van der Waals surface area contributed by atoms with Crippen LogP contribution in [0.15, 0.2) is 0 Å². The van der Waals surface area contributed by atoms with Crippen LogP contribution in [0.5, 0.6) is 0 Å². The lowest BCUT2D eigenvalue weighted by atomic mass is 9.98. The van der Waals surface area contributed by atoms with Crippen LogP contribution >= 0.6 is 0 Å². The maximum atomic E-state index is 11.4. The Labute approximate surface area is 92.2 Å². The number of nitrogens with zero attached hydrogens (tertiary/aromatic N) is 1. The smallest absolute Gasteiger partial charge is 0.250 e. The van der Waals surface area contributed by atoms with E-state index in [1.54, 1.807) is 0 Å². The van der Waals surface area contributed by atoms with Gasteiger partial charge in [0.2, 0.25) is 0 Å². The molecule has 4 nitrogen and oxygen atoms in total. The molecule has 1 amide bonds. The molecule has 1 fully saturated rings. The number of hydrogen-bond donors (Lipinski definition) is 2. The zero-order valence-electron chi connectivity index (χ0n) is 9.83. The number of likely N-dealkylation sites (tertiary alicyclic amines) is 1. The molecule has 88 valence electrons. The van der Waals surface area contributed by atoms with Crippen LogP contribution in [-0.2, 0) is 4.79 Å². The number of amides is 1. The van der Waals surface area contributed by atoms with E-state index in [9.17, 15) is 4.79 Å². The van der Waals surface area contributed by atoms with Gasteiger partial charge in [0.1, 0.15) is 0 Å². The van der Waals surface area contributed by atoms with Crippen LogP contribution in [0, 0.1) is 5.92 Å². The Bertz CT molecular complexity index is 208. The van der Waals surface area contributed by atoms with Crippen molar-refractivity contribution in [1.29, 1.82) is 0 Å². The zero-order chi connectivity index (χ0) is 11.3. The fraction of sp³-hybridized carbons (Fsp3) is 0.909. The molecule has 0 aliphatic carbocycles. The zero-order valence-corrected chi connectivity index (χ0v) is 9.83. The van der Waals surface area contributed by atoms with Crippen LogP contribution < -0.4 is 11.3 Å². The highest BCUT2D eigenvalue weighted by molar-refractivity contribution is 5.80. The van der Waals surface area contributed by atoms with E-state index in [1.165, 1.54) is 25.7 Å². The first-order chi connectivity index (χ1) is 7.19. The maximum absolute atomic E-state index is 11.4. The second kappa shape index (κ2) is 6.08. The van der Waals surface area contributed by atoms with Gasteiger partial charge in [0.05, 0.1) is 6.04 Å². The van der Waals surface area contributed by atoms with Crippen LogP contribution in [0.4, 0.5) is 0 Å². The molecule has 1 aliphatic rings. The number of carbonyl (C=O) groups excluding carboxylic acids is 1. The van der Waals surface area contributed by atoms with Crippen molar-refractivity contribution in [3.8, 4) is 0 Å². The summed E-state index contributed by atoms with van der Waals surface area (Å²) in [7, 11) is 0. The predicted octanol–water partition coefficient (Wildman–Crippen LogP) is 0.877. The fourth-order valence-corrected chi connectivity index (χ4v) is 2.27. The Kier molecular flexibility index (Phi) is 5.05. The monoisotopic (exact) mass is 213 g/mol. The molecule has 0 bridgehead atoms. The molecular weight excluding hydrogens is 190 g/mol. The van der Waals surface area contributed by atoms with Gasteiger partial charge in [-0.25, -0.2) is 5.84 Å². The summed E-state index contributed by atoms with van der Waals surface area (Å²) in [6, 6.07) is -0.0920. The summed E-state index contributed by atoms with van der Waals surface area (Å²) in [5, 5.41) is 0. The average molecular weight is 213 g/mol. The highest BCUT2D eigenvalue weighted by atomic mass is 16.2. The van der Waals surface area contributed by atoms with E-state index in [1.807, 2.05) is 6.92 Å². The van der Waals surface area contributed by atoms with Gasteiger partial charge in [-0.2, -0.15) is 0 Å². The van der Waals surface area contributed by atoms with Crippen molar-refractivity contribution in [2.45, 2.75) is 45.6 Å². The second-order valence-corrected chi connectivity index (χ2v) is 4.43. The van der Waals surface area contributed by atoms with Gasteiger partial charge in [0.25, 0.3) is 5.91 Å². The molecule has 3 N–H and O–H groups in total. The first-order valence-corrected chi connectivity index (χ1v) is 5.93. The normalized spacial score (nSPS) is 25.7. The minimum Gasteiger partial charge on any atom is -0.293 e. The lowest BCUT2D eigenvalue weighted by molar-refractivity contribution is -0.125. The van der Waals surface area contributed by atoms with Crippen LogP contribution in [-0.4, -0.2) is 29.9 Å². The largest absolute Gasteiger partial charge is 0.293 e. The highest BCUT2D eigenvalue weighted by Crippen LogP contribution is 2.21. The summed E-state index contributed by atoms with van der Waals surface area (Å²) in [5.41, 5.74) is 2.23. The van der Waals surface area contributed by atoms with Gasteiger partial charge in [0.15, 0.2) is 0 Å². The second-order valence-electron chi connectivity index (χ2n) is 4.43. The Morgan fingerprint density at radius 2 is 2.27 bits per heavy atom. The molecule has 0 aromatic rings. The van der Waals surface area contributed by atoms with Gasteiger partial charge in [-0.05, 0) is 45.2 Å².